The average molecular weight is 423 g/mol. The van der Waals surface area contributed by atoms with E-state index in [2.05, 4.69) is 21.0 Å². The van der Waals surface area contributed by atoms with Gasteiger partial charge in [-0.1, -0.05) is 6.07 Å². The minimum absolute atomic E-state index is 0.264. The van der Waals surface area contributed by atoms with Crippen LogP contribution >= 0.6 is 0 Å². The molecule has 0 spiro atoms. The van der Waals surface area contributed by atoms with E-state index in [-0.39, 0.29) is 4.91 Å². The van der Waals surface area contributed by atoms with E-state index in [0.29, 0.717) is 12.3 Å². The fourth-order valence-corrected chi connectivity index (χ4v) is 3.81. The first-order chi connectivity index (χ1) is 13.8. The zero-order chi connectivity index (χ0) is 21.3. The molecule has 1 aromatic rings. The Bertz CT molecular complexity index is 813. The molecule has 7 nitrogen and oxygen atoms in total. The number of hydrogen-bond donors (Lipinski definition) is 2. The van der Waals surface area contributed by atoms with E-state index in [0.717, 1.165) is 50.6 Å². The van der Waals surface area contributed by atoms with Gasteiger partial charge in [-0.15, -0.1) is 0 Å². The second-order valence-corrected chi connectivity index (χ2v) is 9.39. The minimum atomic E-state index is -3.47. The molecule has 29 heavy (non-hydrogen) atoms. The maximum atomic E-state index is 12.3. The van der Waals surface area contributed by atoms with E-state index in [1.165, 1.54) is 0 Å². The van der Waals surface area contributed by atoms with Gasteiger partial charge in [-0.25, -0.2) is 13.1 Å². The first kappa shape index (κ1) is 23.4. The predicted molar refractivity (Wildman–Crippen MR) is 120 cm³/mol. The third-order valence-corrected chi connectivity index (χ3v) is 6.20. The summed E-state index contributed by atoms with van der Waals surface area (Å²) in [5.41, 5.74) is 1.13. The SMILES string of the molecule is C/C(=C\C=C(/C)S(=O)(=O)NCCCN(C)C)Oc1cccc(N2CCNCC2)c1. The van der Waals surface area contributed by atoms with Crippen molar-refractivity contribution >= 4 is 15.7 Å². The molecular formula is C21H34N4O3S. The smallest absolute Gasteiger partial charge is 0.236 e. The van der Waals surface area contributed by atoms with Crippen LogP contribution in [0.5, 0.6) is 5.75 Å². The van der Waals surface area contributed by atoms with E-state index in [1.807, 2.05) is 44.1 Å². The molecule has 0 saturated carbocycles. The second kappa shape index (κ2) is 11.3. The van der Waals surface area contributed by atoms with Gasteiger partial charge in [0.25, 0.3) is 0 Å². The van der Waals surface area contributed by atoms with Gasteiger partial charge in [0.1, 0.15) is 11.5 Å². The number of nitrogens with one attached hydrogen (secondary N) is 2. The van der Waals surface area contributed by atoms with Gasteiger partial charge in [-0.05, 0) is 65.2 Å². The molecule has 2 rings (SSSR count). The molecule has 0 aromatic heterocycles. The van der Waals surface area contributed by atoms with E-state index in [4.69, 9.17) is 4.74 Å². The van der Waals surface area contributed by atoms with Crippen molar-refractivity contribution in [2.24, 2.45) is 0 Å². The van der Waals surface area contributed by atoms with Crippen LogP contribution in [0, 0.1) is 0 Å². The molecule has 2 N–H and O–H groups in total. The van der Waals surface area contributed by atoms with Crippen molar-refractivity contribution in [1.82, 2.24) is 14.9 Å². The van der Waals surface area contributed by atoms with Gasteiger partial charge in [0, 0.05) is 44.5 Å². The summed E-state index contributed by atoms with van der Waals surface area (Å²) in [4.78, 5) is 4.61. The number of hydrogen-bond acceptors (Lipinski definition) is 6. The number of benzene rings is 1. The molecule has 1 fully saturated rings. The number of sulfonamides is 1. The second-order valence-electron chi connectivity index (χ2n) is 7.45. The van der Waals surface area contributed by atoms with Gasteiger partial charge in [0.2, 0.25) is 10.0 Å². The van der Waals surface area contributed by atoms with Crippen LogP contribution in [0.3, 0.4) is 0 Å². The Morgan fingerprint density at radius 2 is 1.97 bits per heavy atom. The summed E-state index contributed by atoms with van der Waals surface area (Å²) < 4.78 is 33.1. The Labute approximate surface area is 175 Å². The molecule has 0 unspecified atom stereocenters. The average Bonchev–Trinajstić information content (AvgIpc) is 2.70. The molecule has 0 atom stereocenters. The molecule has 1 saturated heterocycles. The van der Waals surface area contributed by atoms with Crippen LogP contribution in [-0.4, -0.2) is 66.7 Å². The first-order valence-corrected chi connectivity index (χ1v) is 11.5. The predicted octanol–water partition coefficient (Wildman–Crippen LogP) is 2.15. The van der Waals surface area contributed by atoms with Crippen molar-refractivity contribution in [3.8, 4) is 5.75 Å². The zero-order valence-corrected chi connectivity index (χ0v) is 18.8. The molecule has 1 aliphatic rings. The Morgan fingerprint density at radius 3 is 2.66 bits per heavy atom. The number of ether oxygens (including phenoxy) is 1. The van der Waals surface area contributed by atoms with Crippen molar-refractivity contribution in [2.45, 2.75) is 20.3 Å². The van der Waals surface area contributed by atoms with Crippen LogP contribution in [0.4, 0.5) is 5.69 Å². The molecule has 1 aliphatic heterocycles. The number of allylic oxidation sites excluding steroid dienone is 4. The maximum absolute atomic E-state index is 12.3. The number of nitrogens with zero attached hydrogens (tertiary/aromatic N) is 2. The molecule has 0 radical (unpaired) electrons. The van der Waals surface area contributed by atoms with Crippen LogP contribution < -0.4 is 19.7 Å². The molecule has 1 heterocycles. The summed E-state index contributed by atoms with van der Waals surface area (Å²) in [6, 6.07) is 7.98. The van der Waals surface area contributed by atoms with E-state index >= 15 is 0 Å². The molecule has 0 bridgehead atoms. The van der Waals surface area contributed by atoms with Crippen molar-refractivity contribution in [2.75, 3.05) is 58.3 Å². The van der Waals surface area contributed by atoms with E-state index in [1.54, 1.807) is 19.1 Å². The highest BCUT2D eigenvalue weighted by Crippen LogP contribution is 2.23. The minimum Gasteiger partial charge on any atom is -0.462 e. The van der Waals surface area contributed by atoms with Crippen LogP contribution in [0.2, 0.25) is 0 Å². The molecule has 162 valence electrons. The summed E-state index contributed by atoms with van der Waals surface area (Å²) in [7, 11) is 0.462. The van der Waals surface area contributed by atoms with Crippen LogP contribution in [0.25, 0.3) is 0 Å². The van der Waals surface area contributed by atoms with Crippen molar-refractivity contribution < 1.29 is 13.2 Å². The lowest BCUT2D eigenvalue weighted by Gasteiger charge is -2.29. The topological polar surface area (TPSA) is 73.9 Å². The summed E-state index contributed by atoms with van der Waals surface area (Å²) in [5.74, 6) is 1.37. The lowest BCUT2D eigenvalue weighted by molar-refractivity contribution is 0.400. The Balaban J connectivity index is 1.94. The fraction of sp³-hybridized carbons (Fsp3) is 0.524. The standard InChI is InChI=1S/C21H34N4O3S/c1-18(9-10-19(2)29(26,27)23-11-6-14-24(3)4)28-21-8-5-7-20(17-21)25-15-12-22-13-16-25/h5,7-10,17,22-23H,6,11-16H2,1-4H3/b18-9+,19-10+. The van der Waals surface area contributed by atoms with Crippen molar-refractivity contribution in [1.29, 1.82) is 0 Å². The van der Waals surface area contributed by atoms with Gasteiger partial charge in [-0.3, -0.25) is 0 Å². The molecular weight excluding hydrogens is 388 g/mol. The Kier molecular flexibility index (Phi) is 9.16. The molecule has 0 aliphatic carbocycles. The van der Waals surface area contributed by atoms with Crippen LogP contribution in [0.15, 0.2) is 47.1 Å². The summed E-state index contributed by atoms with van der Waals surface area (Å²) in [5, 5.41) is 3.35. The third kappa shape index (κ3) is 8.18. The Morgan fingerprint density at radius 1 is 1.24 bits per heavy atom. The summed E-state index contributed by atoms with van der Waals surface area (Å²) in [6.07, 6.45) is 4.02. The van der Waals surface area contributed by atoms with E-state index < -0.39 is 10.0 Å². The van der Waals surface area contributed by atoms with Gasteiger partial charge < -0.3 is 19.9 Å². The summed E-state index contributed by atoms with van der Waals surface area (Å²) in [6.45, 7) is 8.56. The first-order valence-electron chi connectivity index (χ1n) is 10.0. The molecule has 1 aromatic carbocycles. The maximum Gasteiger partial charge on any atom is 0.236 e. The number of rotatable bonds is 10. The molecule has 8 heteroatoms. The zero-order valence-electron chi connectivity index (χ0n) is 17.9. The van der Waals surface area contributed by atoms with Gasteiger partial charge >= 0.3 is 0 Å². The highest BCUT2D eigenvalue weighted by Gasteiger charge is 2.12. The number of piperazine rings is 1. The highest BCUT2D eigenvalue weighted by atomic mass is 32.2. The van der Waals surface area contributed by atoms with Gasteiger partial charge in [-0.2, -0.15) is 0 Å². The highest BCUT2D eigenvalue weighted by molar-refractivity contribution is 7.93. The third-order valence-electron chi connectivity index (χ3n) is 4.63. The molecule has 0 amide bonds. The largest absolute Gasteiger partial charge is 0.462 e. The monoisotopic (exact) mass is 422 g/mol. The summed E-state index contributed by atoms with van der Waals surface area (Å²) >= 11 is 0. The number of anilines is 1. The quantitative estimate of drug-likeness (QED) is 0.342. The Hall–Kier alpha value is -1.87. The fourth-order valence-electron chi connectivity index (χ4n) is 2.93. The van der Waals surface area contributed by atoms with Crippen LogP contribution in [0.1, 0.15) is 20.3 Å². The normalized spacial score (nSPS) is 16.4. The van der Waals surface area contributed by atoms with Gasteiger partial charge in [0.15, 0.2) is 0 Å². The van der Waals surface area contributed by atoms with E-state index in [9.17, 15) is 8.42 Å². The lowest BCUT2D eigenvalue weighted by Crippen LogP contribution is -2.43. The lowest BCUT2D eigenvalue weighted by atomic mass is 10.2. The van der Waals surface area contributed by atoms with Crippen molar-refractivity contribution in [3.63, 3.8) is 0 Å². The van der Waals surface area contributed by atoms with Gasteiger partial charge in [0.05, 0.1) is 4.91 Å². The van der Waals surface area contributed by atoms with Crippen molar-refractivity contribution in [3.05, 3.63) is 47.1 Å². The van der Waals surface area contributed by atoms with Crippen LogP contribution in [-0.2, 0) is 10.0 Å².